The van der Waals surface area contributed by atoms with Crippen LogP contribution in [0.3, 0.4) is 0 Å². The van der Waals surface area contributed by atoms with Gasteiger partial charge in [0.15, 0.2) is 5.69 Å². The maximum atomic E-state index is 12.3. The van der Waals surface area contributed by atoms with Crippen LogP contribution in [-0.2, 0) is 13.1 Å². The van der Waals surface area contributed by atoms with Gasteiger partial charge >= 0.3 is 0 Å². The zero-order valence-electron chi connectivity index (χ0n) is 10.8. The number of aromatic nitrogens is 2. The maximum absolute atomic E-state index is 12.3. The van der Waals surface area contributed by atoms with E-state index >= 15 is 0 Å². The van der Waals surface area contributed by atoms with Gasteiger partial charge in [-0.3, -0.25) is 9.48 Å². The second-order valence-electron chi connectivity index (χ2n) is 4.18. The number of nitrogens with zero attached hydrogens (tertiary/aromatic N) is 3. The molecule has 102 valence electrons. The molecule has 0 saturated carbocycles. The van der Waals surface area contributed by atoms with Crippen LogP contribution in [0.4, 0.5) is 5.69 Å². The molecule has 5 nitrogen and oxygen atoms in total. The zero-order chi connectivity index (χ0) is 14.0. The van der Waals surface area contributed by atoms with E-state index < -0.39 is 0 Å². The molecule has 0 atom stereocenters. The molecule has 0 unspecified atom stereocenters. The van der Waals surface area contributed by atoms with E-state index in [1.54, 1.807) is 34.2 Å². The third-order valence-corrected chi connectivity index (χ3v) is 4.36. The van der Waals surface area contributed by atoms with E-state index in [1.165, 1.54) is 0 Å². The number of carbonyl (C=O) groups excluding carboxylic acids is 1. The van der Waals surface area contributed by atoms with Crippen LogP contribution in [0, 0.1) is 0 Å². The van der Waals surface area contributed by atoms with Crippen LogP contribution in [0.1, 0.15) is 22.3 Å². The topological polar surface area (TPSA) is 64.2 Å². The average molecular weight is 343 g/mol. The number of thiophene rings is 1. The van der Waals surface area contributed by atoms with Gasteiger partial charge in [0, 0.05) is 34.5 Å². The van der Waals surface area contributed by atoms with Crippen molar-refractivity contribution in [2.75, 3.05) is 12.8 Å². The normalized spacial score (nSPS) is 10.7. The van der Waals surface area contributed by atoms with Crippen molar-refractivity contribution >= 4 is 38.9 Å². The zero-order valence-corrected chi connectivity index (χ0v) is 13.2. The van der Waals surface area contributed by atoms with E-state index in [2.05, 4.69) is 21.0 Å². The Morgan fingerprint density at radius 2 is 2.37 bits per heavy atom. The van der Waals surface area contributed by atoms with E-state index in [4.69, 9.17) is 5.73 Å². The summed E-state index contributed by atoms with van der Waals surface area (Å²) < 4.78 is 2.70. The summed E-state index contributed by atoms with van der Waals surface area (Å²) in [6.45, 7) is 3.19. The van der Waals surface area contributed by atoms with Crippen LogP contribution >= 0.6 is 27.3 Å². The summed E-state index contributed by atoms with van der Waals surface area (Å²) >= 11 is 5.01. The lowest BCUT2D eigenvalue weighted by molar-refractivity contribution is 0.0780. The minimum absolute atomic E-state index is 0.158. The summed E-state index contributed by atoms with van der Waals surface area (Å²) in [7, 11) is 1.75. The Hall–Kier alpha value is -1.34. The maximum Gasteiger partial charge on any atom is 0.276 e. The van der Waals surface area contributed by atoms with Gasteiger partial charge in [-0.1, -0.05) is 0 Å². The second kappa shape index (κ2) is 5.75. The van der Waals surface area contributed by atoms with E-state index in [9.17, 15) is 4.79 Å². The lowest BCUT2D eigenvalue weighted by Crippen LogP contribution is -2.27. The van der Waals surface area contributed by atoms with Gasteiger partial charge in [-0.05, 0) is 28.9 Å². The molecule has 2 N–H and O–H groups in total. The Bertz CT molecular complexity index is 592. The monoisotopic (exact) mass is 342 g/mol. The van der Waals surface area contributed by atoms with Crippen molar-refractivity contribution in [2.45, 2.75) is 20.0 Å². The highest BCUT2D eigenvalue weighted by Crippen LogP contribution is 2.21. The first-order valence-electron chi connectivity index (χ1n) is 5.82. The summed E-state index contributed by atoms with van der Waals surface area (Å²) in [6.07, 6.45) is 1.68. The van der Waals surface area contributed by atoms with Crippen molar-refractivity contribution in [3.63, 3.8) is 0 Å². The first kappa shape index (κ1) is 14.1. The fourth-order valence-corrected chi connectivity index (χ4v) is 3.19. The van der Waals surface area contributed by atoms with Crippen LogP contribution in [-0.4, -0.2) is 27.6 Å². The highest BCUT2D eigenvalue weighted by Gasteiger charge is 2.19. The molecule has 2 heterocycles. The number of anilines is 1. The fourth-order valence-electron chi connectivity index (χ4n) is 1.69. The highest BCUT2D eigenvalue weighted by molar-refractivity contribution is 9.10. The summed E-state index contributed by atoms with van der Waals surface area (Å²) in [5, 5.41) is 6.18. The SMILES string of the molecule is CCn1cc(N)c(C(=O)N(C)Cc2cc(Br)cs2)n1. The molecule has 2 aromatic rings. The van der Waals surface area contributed by atoms with Crippen molar-refractivity contribution in [2.24, 2.45) is 0 Å². The Kier molecular flexibility index (Phi) is 4.26. The molecule has 19 heavy (non-hydrogen) atoms. The van der Waals surface area contributed by atoms with Gasteiger partial charge in [0.1, 0.15) is 0 Å². The molecule has 0 aliphatic rings. The molecule has 0 spiro atoms. The predicted octanol–water partition coefficient (Wildman–Crippen LogP) is 2.58. The van der Waals surface area contributed by atoms with Crippen molar-refractivity contribution in [1.29, 1.82) is 0 Å². The lowest BCUT2D eigenvalue weighted by Gasteiger charge is -2.14. The number of hydrogen-bond donors (Lipinski definition) is 1. The number of halogens is 1. The number of hydrogen-bond acceptors (Lipinski definition) is 4. The summed E-state index contributed by atoms with van der Waals surface area (Å²) in [5.74, 6) is -0.158. The molecule has 1 amide bonds. The minimum atomic E-state index is -0.158. The first-order valence-corrected chi connectivity index (χ1v) is 7.49. The Balaban J connectivity index is 2.12. The third kappa shape index (κ3) is 3.16. The highest BCUT2D eigenvalue weighted by atomic mass is 79.9. The van der Waals surface area contributed by atoms with Crippen LogP contribution in [0.25, 0.3) is 0 Å². The number of amides is 1. The third-order valence-electron chi connectivity index (χ3n) is 2.68. The largest absolute Gasteiger partial charge is 0.396 e. The summed E-state index contributed by atoms with van der Waals surface area (Å²) in [5.41, 5.74) is 6.56. The average Bonchev–Trinajstić information content (AvgIpc) is 2.94. The van der Waals surface area contributed by atoms with Gasteiger partial charge in [0.2, 0.25) is 0 Å². The number of nitrogen functional groups attached to an aromatic ring is 1. The van der Waals surface area contributed by atoms with Gasteiger partial charge < -0.3 is 10.6 Å². The molecule has 2 rings (SSSR count). The molecule has 7 heteroatoms. The quantitative estimate of drug-likeness (QED) is 0.928. The Morgan fingerprint density at radius 3 is 2.89 bits per heavy atom. The number of aryl methyl sites for hydroxylation is 1. The van der Waals surface area contributed by atoms with Gasteiger partial charge in [0.25, 0.3) is 5.91 Å². The smallest absolute Gasteiger partial charge is 0.276 e. The molecule has 0 bridgehead atoms. The van der Waals surface area contributed by atoms with E-state index in [-0.39, 0.29) is 5.91 Å². The Morgan fingerprint density at radius 1 is 1.63 bits per heavy atom. The molecular weight excluding hydrogens is 328 g/mol. The van der Waals surface area contributed by atoms with Crippen molar-refractivity contribution in [3.05, 3.63) is 32.7 Å². The van der Waals surface area contributed by atoms with Gasteiger partial charge in [-0.15, -0.1) is 11.3 Å². The molecule has 0 saturated heterocycles. The first-order chi connectivity index (χ1) is 9.01. The Labute approximate surface area is 124 Å². The molecule has 0 aliphatic heterocycles. The van der Waals surface area contributed by atoms with E-state index in [1.807, 2.05) is 18.4 Å². The van der Waals surface area contributed by atoms with Crippen LogP contribution in [0.5, 0.6) is 0 Å². The van der Waals surface area contributed by atoms with Gasteiger partial charge in [-0.2, -0.15) is 5.10 Å². The minimum Gasteiger partial charge on any atom is -0.396 e. The molecule has 0 aromatic carbocycles. The standard InChI is InChI=1S/C12H15BrN4OS/c1-3-17-6-10(14)11(15-17)12(18)16(2)5-9-4-8(13)7-19-9/h4,6-7H,3,5,14H2,1-2H3. The lowest BCUT2D eigenvalue weighted by atomic mass is 10.3. The van der Waals surface area contributed by atoms with Crippen molar-refractivity contribution in [1.82, 2.24) is 14.7 Å². The van der Waals surface area contributed by atoms with Gasteiger partial charge in [-0.25, -0.2) is 0 Å². The fraction of sp³-hybridized carbons (Fsp3) is 0.333. The number of carbonyl (C=O) groups is 1. The molecular formula is C12H15BrN4OS. The van der Waals surface area contributed by atoms with E-state index in [0.717, 1.165) is 9.35 Å². The van der Waals surface area contributed by atoms with Gasteiger partial charge in [0.05, 0.1) is 12.2 Å². The van der Waals surface area contributed by atoms with Crippen LogP contribution < -0.4 is 5.73 Å². The number of rotatable bonds is 4. The molecule has 0 fully saturated rings. The predicted molar refractivity (Wildman–Crippen MR) is 80.1 cm³/mol. The van der Waals surface area contributed by atoms with Crippen molar-refractivity contribution in [3.8, 4) is 0 Å². The molecule has 2 aromatic heterocycles. The van der Waals surface area contributed by atoms with Crippen molar-refractivity contribution < 1.29 is 4.79 Å². The number of nitrogens with two attached hydrogens (primary N) is 1. The van der Waals surface area contributed by atoms with Crippen LogP contribution in [0.2, 0.25) is 0 Å². The molecule has 0 radical (unpaired) electrons. The van der Waals surface area contributed by atoms with E-state index in [0.29, 0.717) is 24.5 Å². The second-order valence-corrected chi connectivity index (χ2v) is 6.09. The van der Waals surface area contributed by atoms with Crippen LogP contribution in [0.15, 0.2) is 22.1 Å². The summed E-state index contributed by atoms with van der Waals surface area (Å²) in [6, 6.07) is 2.00. The molecule has 0 aliphatic carbocycles. The summed E-state index contributed by atoms with van der Waals surface area (Å²) in [4.78, 5) is 15.0.